The van der Waals surface area contributed by atoms with Crippen LogP contribution in [0.15, 0.2) is 4.63 Å². The predicted octanol–water partition coefficient (Wildman–Crippen LogP) is 0.0135. The SMILES string of the molecule is CCN(CC)CCNc1nc(OC)nc2no[n+]([O-])c12. The average molecular weight is 282 g/mol. The Morgan fingerprint density at radius 3 is 2.75 bits per heavy atom. The molecule has 0 saturated heterocycles. The average Bonchev–Trinajstić information content (AvgIpc) is 2.85. The summed E-state index contributed by atoms with van der Waals surface area (Å²) in [4.78, 5) is 10.6. The Morgan fingerprint density at radius 1 is 1.35 bits per heavy atom. The number of hydrogen-bond donors (Lipinski definition) is 1. The maximum Gasteiger partial charge on any atom is 0.349 e. The van der Waals surface area contributed by atoms with Gasteiger partial charge in [-0.1, -0.05) is 13.8 Å². The Labute approximate surface area is 116 Å². The number of likely N-dealkylation sites (N-methyl/N-ethyl adjacent to an activating group) is 1. The van der Waals surface area contributed by atoms with Gasteiger partial charge in [0.05, 0.1) is 12.3 Å². The van der Waals surface area contributed by atoms with E-state index in [0.29, 0.717) is 12.4 Å². The van der Waals surface area contributed by atoms with Crippen LogP contribution in [0.5, 0.6) is 6.01 Å². The van der Waals surface area contributed by atoms with Gasteiger partial charge >= 0.3 is 11.7 Å². The van der Waals surface area contributed by atoms with Crippen molar-refractivity contribution in [3.63, 3.8) is 0 Å². The number of nitrogens with one attached hydrogen (secondary N) is 1. The Morgan fingerprint density at radius 2 is 2.10 bits per heavy atom. The fraction of sp³-hybridized carbons (Fsp3) is 0.636. The molecule has 2 heterocycles. The van der Waals surface area contributed by atoms with Crippen molar-refractivity contribution >= 4 is 17.0 Å². The third-order valence-electron chi connectivity index (χ3n) is 3.03. The van der Waals surface area contributed by atoms with E-state index in [4.69, 9.17) is 4.74 Å². The third kappa shape index (κ3) is 2.87. The zero-order valence-electron chi connectivity index (χ0n) is 11.8. The van der Waals surface area contributed by atoms with E-state index in [1.165, 1.54) is 7.11 Å². The molecule has 0 radical (unpaired) electrons. The molecule has 9 nitrogen and oxygen atoms in total. The molecule has 9 heteroatoms. The van der Waals surface area contributed by atoms with E-state index in [1.807, 2.05) is 0 Å². The number of methoxy groups -OCH3 is 1. The van der Waals surface area contributed by atoms with Gasteiger partial charge in [-0.2, -0.15) is 4.98 Å². The van der Waals surface area contributed by atoms with Gasteiger partial charge < -0.3 is 20.2 Å². The summed E-state index contributed by atoms with van der Waals surface area (Å²) in [5.74, 6) is 0.357. The number of hydrogen-bond acceptors (Lipinski definition) is 8. The molecular formula is C11H18N6O3. The zero-order chi connectivity index (χ0) is 14.5. The molecule has 0 aliphatic heterocycles. The van der Waals surface area contributed by atoms with Crippen molar-refractivity contribution < 1.29 is 14.3 Å². The number of nitrogens with zero attached hydrogens (tertiary/aromatic N) is 5. The summed E-state index contributed by atoms with van der Waals surface area (Å²) >= 11 is 0. The summed E-state index contributed by atoms with van der Waals surface area (Å²) < 4.78 is 9.50. The van der Waals surface area contributed by atoms with Crippen LogP contribution in [0.2, 0.25) is 0 Å². The Balaban J connectivity index is 2.17. The fourth-order valence-electron chi connectivity index (χ4n) is 1.86. The van der Waals surface area contributed by atoms with Crippen molar-refractivity contribution in [3.8, 4) is 6.01 Å². The maximum atomic E-state index is 11.5. The van der Waals surface area contributed by atoms with Gasteiger partial charge in [0, 0.05) is 13.1 Å². The highest BCUT2D eigenvalue weighted by Gasteiger charge is 2.20. The molecule has 0 amide bonds. The van der Waals surface area contributed by atoms with Crippen LogP contribution >= 0.6 is 0 Å². The van der Waals surface area contributed by atoms with Crippen LogP contribution in [0.4, 0.5) is 5.82 Å². The summed E-state index contributed by atoms with van der Waals surface area (Å²) in [5.41, 5.74) is 0.336. The lowest BCUT2D eigenvalue weighted by atomic mass is 10.4. The smallest absolute Gasteiger partial charge is 0.349 e. The van der Waals surface area contributed by atoms with Crippen molar-refractivity contribution in [1.82, 2.24) is 20.0 Å². The molecule has 1 N–H and O–H groups in total. The van der Waals surface area contributed by atoms with E-state index in [1.54, 1.807) is 0 Å². The van der Waals surface area contributed by atoms with Crippen LogP contribution in [-0.2, 0) is 0 Å². The molecule has 0 aliphatic rings. The molecule has 2 rings (SSSR count). The first-order valence-electron chi connectivity index (χ1n) is 6.47. The van der Waals surface area contributed by atoms with E-state index in [2.05, 4.69) is 43.8 Å². The van der Waals surface area contributed by atoms with Crippen LogP contribution in [-0.4, -0.2) is 53.3 Å². The van der Waals surface area contributed by atoms with Crippen LogP contribution in [0.25, 0.3) is 11.2 Å². The fourth-order valence-corrected chi connectivity index (χ4v) is 1.86. The minimum atomic E-state index is 0.136. The molecule has 0 unspecified atom stereocenters. The highest BCUT2D eigenvalue weighted by molar-refractivity contribution is 5.78. The molecule has 110 valence electrons. The first kappa shape index (κ1) is 14.3. The Hall–Kier alpha value is -2.16. The van der Waals surface area contributed by atoms with Crippen LogP contribution in [0.1, 0.15) is 13.8 Å². The van der Waals surface area contributed by atoms with Gasteiger partial charge in [-0.05, 0) is 18.0 Å². The van der Waals surface area contributed by atoms with Crippen LogP contribution in [0, 0.1) is 5.21 Å². The predicted molar refractivity (Wildman–Crippen MR) is 71.4 cm³/mol. The Kier molecular flexibility index (Phi) is 4.51. The van der Waals surface area contributed by atoms with E-state index in [-0.39, 0.29) is 22.1 Å². The first-order chi connectivity index (χ1) is 9.69. The first-order valence-corrected chi connectivity index (χ1v) is 6.47. The molecule has 0 saturated carbocycles. The molecule has 0 spiro atoms. The van der Waals surface area contributed by atoms with Gasteiger partial charge in [0.25, 0.3) is 5.52 Å². The summed E-state index contributed by atoms with van der Waals surface area (Å²) in [6.07, 6.45) is 0. The maximum absolute atomic E-state index is 11.5. The number of fused-ring (bicyclic) bond motifs is 1. The molecule has 0 aliphatic carbocycles. The van der Waals surface area contributed by atoms with Crippen molar-refractivity contribution in [1.29, 1.82) is 0 Å². The number of ether oxygens (including phenoxy) is 1. The molecule has 2 aromatic rings. The van der Waals surface area contributed by atoms with Gasteiger partial charge in [0.15, 0.2) is 5.82 Å². The number of anilines is 1. The molecule has 2 aromatic heterocycles. The summed E-state index contributed by atoms with van der Waals surface area (Å²) in [5, 5.41) is 18.2. The molecule has 0 bridgehead atoms. The summed E-state index contributed by atoms with van der Waals surface area (Å²) in [6.45, 7) is 7.61. The van der Waals surface area contributed by atoms with Crippen molar-refractivity contribution in [3.05, 3.63) is 5.21 Å². The van der Waals surface area contributed by atoms with Gasteiger partial charge in [0.2, 0.25) is 0 Å². The van der Waals surface area contributed by atoms with Crippen molar-refractivity contribution in [2.24, 2.45) is 0 Å². The quantitative estimate of drug-likeness (QED) is 0.708. The monoisotopic (exact) mass is 282 g/mol. The lowest BCUT2D eigenvalue weighted by molar-refractivity contribution is -0.782. The second kappa shape index (κ2) is 6.33. The lowest BCUT2D eigenvalue weighted by Gasteiger charge is -2.18. The minimum Gasteiger partial charge on any atom is -0.467 e. The van der Waals surface area contributed by atoms with Crippen LogP contribution in [0.3, 0.4) is 0 Å². The molecule has 0 atom stereocenters. The highest BCUT2D eigenvalue weighted by Crippen LogP contribution is 2.17. The second-order valence-electron chi connectivity index (χ2n) is 4.11. The van der Waals surface area contributed by atoms with Gasteiger partial charge in [0.1, 0.15) is 0 Å². The minimum absolute atomic E-state index is 0.136. The number of aromatic nitrogens is 4. The topological polar surface area (TPSA) is 103 Å². The third-order valence-corrected chi connectivity index (χ3v) is 3.03. The summed E-state index contributed by atoms with van der Waals surface area (Å²) in [6, 6.07) is 0.136. The molecule has 20 heavy (non-hydrogen) atoms. The molecular weight excluding hydrogens is 264 g/mol. The normalized spacial score (nSPS) is 11.2. The van der Waals surface area contributed by atoms with Crippen LogP contribution < -0.4 is 15.0 Å². The second-order valence-corrected chi connectivity index (χ2v) is 4.11. The Bertz CT molecular complexity index is 569. The van der Waals surface area contributed by atoms with Gasteiger partial charge in [-0.3, -0.25) is 4.63 Å². The standard InChI is InChI=1S/C11H18N6O3/c1-4-16(5-2)7-6-12-9-8-10(15-20-17(8)18)14-11(13-9)19-3/h4-7H2,1-3H3,(H,12,13,14,15). The highest BCUT2D eigenvalue weighted by atomic mass is 16.8. The van der Waals surface area contributed by atoms with E-state index in [0.717, 1.165) is 19.6 Å². The van der Waals surface area contributed by atoms with Crippen molar-refractivity contribution in [2.75, 3.05) is 38.6 Å². The zero-order valence-corrected chi connectivity index (χ0v) is 11.8. The van der Waals surface area contributed by atoms with Gasteiger partial charge in [-0.25, -0.2) is 0 Å². The van der Waals surface area contributed by atoms with Gasteiger partial charge in [-0.15, -0.1) is 4.98 Å². The van der Waals surface area contributed by atoms with E-state index >= 15 is 0 Å². The largest absolute Gasteiger partial charge is 0.467 e. The lowest BCUT2D eigenvalue weighted by Crippen LogP contribution is -2.30. The summed E-state index contributed by atoms with van der Waals surface area (Å²) in [7, 11) is 1.45. The van der Waals surface area contributed by atoms with E-state index in [9.17, 15) is 5.21 Å². The number of rotatable bonds is 7. The molecule has 0 aromatic carbocycles. The van der Waals surface area contributed by atoms with E-state index < -0.39 is 0 Å². The van der Waals surface area contributed by atoms with Crippen molar-refractivity contribution in [2.45, 2.75) is 13.8 Å². The molecule has 0 fully saturated rings.